The number of rotatable bonds is 3. The Kier molecular flexibility index (Phi) is 4.25. The molecule has 0 bridgehead atoms. The lowest BCUT2D eigenvalue weighted by atomic mass is 10.1. The molecule has 2 aromatic carbocycles. The average molecular weight is 358 g/mol. The summed E-state index contributed by atoms with van der Waals surface area (Å²) < 4.78 is 1.80. The molecule has 0 aliphatic heterocycles. The molecule has 2 N–H and O–H groups in total. The Morgan fingerprint density at radius 1 is 0.889 bits per heavy atom. The first-order chi connectivity index (χ1) is 13.1. The van der Waals surface area contributed by atoms with E-state index in [4.69, 9.17) is 0 Å². The van der Waals surface area contributed by atoms with Crippen LogP contribution in [0.3, 0.4) is 0 Å². The summed E-state index contributed by atoms with van der Waals surface area (Å²) in [4.78, 5) is 25.1. The van der Waals surface area contributed by atoms with Gasteiger partial charge in [-0.1, -0.05) is 30.3 Å². The Hall–Kier alpha value is -3.74. The first-order valence-corrected chi connectivity index (χ1v) is 8.50. The summed E-state index contributed by atoms with van der Waals surface area (Å²) in [6.07, 6.45) is 4.81. The molecule has 7 heteroatoms. The molecule has 4 rings (SSSR count). The number of carbonyl (C=O) groups is 1. The van der Waals surface area contributed by atoms with Crippen LogP contribution in [0.1, 0.15) is 11.4 Å². The second-order valence-electron chi connectivity index (χ2n) is 6.20. The maximum Gasteiger partial charge on any atom is 0.323 e. The van der Waals surface area contributed by atoms with Crippen molar-refractivity contribution in [1.29, 1.82) is 0 Å². The Bertz CT molecular complexity index is 1120. The Morgan fingerprint density at radius 2 is 1.59 bits per heavy atom. The summed E-state index contributed by atoms with van der Waals surface area (Å²) in [7, 11) is 0. The minimum Gasteiger partial charge on any atom is -0.308 e. The van der Waals surface area contributed by atoms with E-state index in [1.807, 2.05) is 56.3 Å². The van der Waals surface area contributed by atoms with Gasteiger partial charge in [-0.3, -0.25) is 4.57 Å². The Morgan fingerprint density at radius 3 is 2.30 bits per heavy atom. The van der Waals surface area contributed by atoms with Crippen LogP contribution in [0.25, 0.3) is 16.7 Å². The molecule has 0 unspecified atom stereocenters. The van der Waals surface area contributed by atoms with Gasteiger partial charge in [0, 0.05) is 11.4 Å². The summed E-state index contributed by atoms with van der Waals surface area (Å²) in [5, 5.41) is 7.74. The molecule has 0 saturated carbocycles. The van der Waals surface area contributed by atoms with Gasteiger partial charge in [-0.2, -0.15) is 0 Å². The number of anilines is 2. The van der Waals surface area contributed by atoms with Gasteiger partial charge in [0.25, 0.3) is 0 Å². The molecule has 0 fully saturated rings. The van der Waals surface area contributed by atoms with E-state index in [9.17, 15) is 4.79 Å². The van der Waals surface area contributed by atoms with Gasteiger partial charge >= 0.3 is 6.03 Å². The van der Waals surface area contributed by atoms with Crippen LogP contribution in [-0.4, -0.2) is 25.6 Å². The zero-order chi connectivity index (χ0) is 18.8. The normalized spacial score (nSPS) is 10.7. The lowest BCUT2D eigenvalue weighted by Gasteiger charge is -2.09. The third-order valence-electron chi connectivity index (χ3n) is 4.37. The van der Waals surface area contributed by atoms with Crippen LogP contribution in [-0.2, 0) is 0 Å². The molecule has 2 aromatic heterocycles. The molecule has 0 spiro atoms. The number of benzene rings is 2. The second kappa shape index (κ2) is 6.87. The van der Waals surface area contributed by atoms with Crippen LogP contribution in [0, 0.1) is 13.8 Å². The number of aryl methyl sites for hydroxylation is 1. The van der Waals surface area contributed by atoms with Crippen LogP contribution in [0.5, 0.6) is 0 Å². The van der Waals surface area contributed by atoms with E-state index in [0.29, 0.717) is 17.3 Å². The zero-order valence-corrected chi connectivity index (χ0v) is 15.0. The highest BCUT2D eigenvalue weighted by atomic mass is 16.2. The fourth-order valence-corrected chi connectivity index (χ4v) is 2.77. The number of hydrogen-bond donors (Lipinski definition) is 2. The molecule has 7 nitrogen and oxygen atoms in total. The number of imidazole rings is 1. The molecule has 0 atom stereocenters. The van der Waals surface area contributed by atoms with Gasteiger partial charge in [0.15, 0.2) is 0 Å². The SMILES string of the molecule is Cc1ncn(-c2ncc(NC(=O)Nc3ccc4ccccc4c3)cn2)c1C. The summed E-state index contributed by atoms with van der Waals surface area (Å²) >= 11 is 0. The largest absolute Gasteiger partial charge is 0.323 e. The first kappa shape index (κ1) is 16.7. The molecule has 0 radical (unpaired) electrons. The van der Waals surface area contributed by atoms with E-state index in [1.165, 1.54) is 0 Å². The maximum atomic E-state index is 12.2. The van der Waals surface area contributed by atoms with Gasteiger partial charge in [0.2, 0.25) is 5.95 Å². The summed E-state index contributed by atoms with van der Waals surface area (Å²) in [6.45, 7) is 3.88. The third kappa shape index (κ3) is 3.48. The van der Waals surface area contributed by atoms with Gasteiger partial charge in [0.1, 0.15) is 6.33 Å². The molecule has 2 amide bonds. The molecular weight excluding hydrogens is 340 g/mol. The highest BCUT2D eigenvalue weighted by molar-refractivity contribution is 6.01. The molecule has 2 heterocycles. The van der Waals surface area contributed by atoms with Crippen molar-refractivity contribution in [2.75, 3.05) is 10.6 Å². The van der Waals surface area contributed by atoms with E-state index >= 15 is 0 Å². The lowest BCUT2D eigenvalue weighted by Crippen LogP contribution is -2.19. The van der Waals surface area contributed by atoms with Crippen molar-refractivity contribution in [3.05, 3.63) is 72.6 Å². The highest BCUT2D eigenvalue weighted by Crippen LogP contribution is 2.19. The predicted octanol–water partition coefficient (Wildman–Crippen LogP) is 4.08. The number of urea groups is 1. The lowest BCUT2D eigenvalue weighted by molar-refractivity contribution is 0.262. The van der Waals surface area contributed by atoms with Crippen molar-refractivity contribution < 1.29 is 4.79 Å². The van der Waals surface area contributed by atoms with Crippen molar-refractivity contribution in [2.45, 2.75) is 13.8 Å². The quantitative estimate of drug-likeness (QED) is 0.578. The van der Waals surface area contributed by atoms with Crippen LogP contribution in [0.2, 0.25) is 0 Å². The minimum absolute atomic E-state index is 0.351. The van der Waals surface area contributed by atoms with Gasteiger partial charge in [0.05, 0.1) is 23.8 Å². The second-order valence-corrected chi connectivity index (χ2v) is 6.20. The van der Waals surface area contributed by atoms with Crippen molar-refractivity contribution in [3.63, 3.8) is 0 Å². The number of nitrogens with one attached hydrogen (secondary N) is 2. The average Bonchev–Trinajstić information content (AvgIpc) is 3.01. The number of nitrogens with zero attached hydrogens (tertiary/aromatic N) is 4. The monoisotopic (exact) mass is 358 g/mol. The number of fused-ring (bicyclic) bond motifs is 1. The molecule has 4 aromatic rings. The number of amides is 2. The third-order valence-corrected chi connectivity index (χ3v) is 4.37. The van der Waals surface area contributed by atoms with Crippen molar-refractivity contribution in [2.24, 2.45) is 0 Å². The summed E-state index contributed by atoms with van der Waals surface area (Å²) in [5.41, 5.74) is 3.13. The fraction of sp³-hybridized carbons (Fsp3) is 0.100. The van der Waals surface area contributed by atoms with Crippen molar-refractivity contribution in [3.8, 4) is 5.95 Å². The van der Waals surface area contributed by atoms with Crippen LogP contribution < -0.4 is 10.6 Å². The molecule has 27 heavy (non-hydrogen) atoms. The Balaban J connectivity index is 1.45. The molecule has 0 saturated heterocycles. The predicted molar refractivity (Wildman–Crippen MR) is 105 cm³/mol. The standard InChI is InChI=1S/C20H18N6O/c1-13-14(2)26(12-23-13)19-21-10-18(11-22-19)25-20(27)24-17-8-7-15-5-3-4-6-16(15)9-17/h3-12H,1-2H3,(H2,24,25,27). The van der Waals surface area contributed by atoms with Crippen molar-refractivity contribution >= 4 is 28.2 Å². The minimum atomic E-state index is -0.351. The fourth-order valence-electron chi connectivity index (χ4n) is 2.77. The molecular formula is C20H18N6O. The number of aromatic nitrogens is 4. The maximum absolute atomic E-state index is 12.2. The van der Waals surface area contributed by atoms with Gasteiger partial charge in [-0.25, -0.2) is 19.7 Å². The van der Waals surface area contributed by atoms with E-state index in [0.717, 1.165) is 22.2 Å². The van der Waals surface area contributed by atoms with Crippen molar-refractivity contribution in [1.82, 2.24) is 19.5 Å². The number of carbonyl (C=O) groups excluding carboxylic acids is 1. The zero-order valence-electron chi connectivity index (χ0n) is 15.0. The summed E-state index contributed by atoms with van der Waals surface area (Å²) in [6, 6.07) is 13.4. The van der Waals surface area contributed by atoms with Gasteiger partial charge in [-0.15, -0.1) is 0 Å². The van der Waals surface area contributed by atoms with E-state index in [-0.39, 0.29) is 6.03 Å². The molecule has 0 aliphatic rings. The van der Waals surface area contributed by atoms with Crippen LogP contribution in [0.4, 0.5) is 16.2 Å². The first-order valence-electron chi connectivity index (χ1n) is 8.50. The van der Waals surface area contributed by atoms with E-state index in [1.54, 1.807) is 23.3 Å². The highest BCUT2D eigenvalue weighted by Gasteiger charge is 2.08. The molecule has 134 valence electrons. The van der Waals surface area contributed by atoms with E-state index < -0.39 is 0 Å². The van der Waals surface area contributed by atoms with Crippen LogP contribution >= 0.6 is 0 Å². The van der Waals surface area contributed by atoms with Crippen LogP contribution in [0.15, 0.2) is 61.2 Å². The topological polar surface area (TPSA) is 84.7 Å². The molecule has 0 aliphatic carbocycles. The smallest absolute Gasteiger partial charge is 0.308 e. The van der Waals surface area contributed by atoms with E-state index in [2.05, 4.69) is 25.6 Å². The van der Waals surface area contributed by atoms with Gasteiger partial charge < -0.3 is 10.6 Å². The number of hydrogen-bond acceptors (Lipinski definition) is 4. The van der Waals surface area contributed by atoms with Gasteiger partial charge in [-0.05, 0) is 36.8 Å². The summed E-state index contributed by atoms with van der Waals surface area (Å²) in [5.74, 6) is 0.508. The Labute approximate surface area is 156 Å².